The van der Waals surface area contributed by atoms with Crippen LogP contribution in [0.2, 0.25) is 0 Å². The SMILES string of the molecule is CCCCN1C[C@]2(CCCN(Cc3snnc3C)C2)CCC1=O. The number of aromatic nitrogens is 2. The van der Waals surface area contributed by atoms with Gasteiger partial charge in [0.15, 0.2) is 0 Å². The van der Waals surface area contributed by atoms with E-state index < -0.39 is 0 Å². The number of aryl methyl sites for hydroxylation is 1. The van der Waals surface area contributed by atoms with Gasteiger partial charge in [-0.25, -0.2) is 0 Å². The molecule has 2 fully saturated rings. The number of likely N-dealkylation sites (tertiary alicyclic amines) is 2. The molecule has 0 radical (unpaired) electrons. The molecular weight excluding hydrogens is 308 g/mol. The lowest BCUT2D eigenvalue weighted by Gasteiger charge is -2.48. The lowest BCUT2D eigenvalue weighted by molar-refractivity contribution is -0.139. The standard InChI is InChI=1S/C17H28N4OS/c1-3-4-10-21-13-17(8-6-16(21)22)7-5-9-20(12-17)11-15-14(2)18-19-23-15/h3-13H2,1-2H3/t17-/m1/s1. The minimum absolute atomic E-state index is 0.311. The second-order valence-corrected chi connectivity index (χ2v) is 8.10. The van der Waals surface area contributed by atoms with Gasteiger partial charge in [0.2, 0.25) is 5.91 Å². The Kier molecular flexibility index (Phi) is 5.31. The highest BCUT2D eigenvalue weighted by atomic mass is 32.1. The Morgan fingerprint density at radius 2 is 2.17 bits per heavy atom. The summed E-state index contributed by atoms with van der Waals surface area (Å²) in [4.78, 5) is 18.2. The van der Waals surface area contributed by atoms with Crippen LogP contribution in [0.15, 0.2) is 0 Å². The minimum atomic E-state index is 0.311. The van der Waals surface area contributed by atoms with Crippen LogP contribution in [0.25, 0.3) is 0 Å². The second-order valence-electron chi connectivity index (χ2n) is 7.26. The van der Waals surface area contributed by atoms with E-state index in [-0.39, 0.29) is 0 Å². The summed E-state index contributed by atoms with van der Waals surface area (Å²) in [6, 6.07) is 0. The van der Waals surface area contributed by atoms with Crippen molar-refractivity contribution in [1.29, 1.82) is 0 Å². The van der Waals surface area contributed by atoms with Crippen molar-refractivity contribution in [3.05, 3.63) is 10.6 Å². The number of amides is 1. The molecule has 3 rings (SSSR count). The fourth-order valence-corrected chi connectivity index (χ4v) is 4.71. The Balaban J connectivity index is 1.64. The van der Waals surface area contributed by atoms with Crippen LogP contribution in [0.4, 0.5) is 0 Å². The van der Waals surface area contributed by atoms with Gasteiger partial charge in [0.25, 0.3) is 0 Å². The van der Waals surface area contributed by atoms with Gasteiger partial charge < -0.3 is 4.90 Å². The van der Waals surface area contributed by atoms with Crippen molar-refractivity contribution in [3.63, 3.8) is 0 Å². The van der Waals surface area contributed by atoms with Crippen molar-refractivity contribution < 1.29 is 4.79 Å². The van der Waals surface area contributed by atoms with Gasteiger partial charge >= 0.3 is 0 Å². The van der Waals surface area contributed by atoms with E-state index in [0.29, 0.717) is 11.3 Å². The summed E-state index contributed by atoms with van der Waals surface area (Å²) in [6.07, 6.45) is 6.57. The summed E-state index contributed by atoms with van der Waals surface area (Å²) in [7, 11) is 0. The smallest absolute Gasteiger partial charge is 0.222 e. The predicted molar refractivity (Wildman–Crippen MR) is 92.3 cm³/mol. The average Bonchev–Trinajstić information content (AvgIpc) is 2.94. The zero-order valence-electron chi connectivity index (χ0n) is 14.4. The van der Waals surface area contributed by atoms with Crippen molar-refractivity contribution in [2.24, 2.45) is 5.41 Å². The molecule has 0 saturated carbocycles. The zero-order chi connectivity index (χ0) is 16.3. The number of piperidine rings is 2. The highest BCUT2D eigenvalue weighted by Gasteiger charge is 2.41. The molecule has 5 nitrogen and oxygen atoms in total. The molecule has 3 heterocycles. The Hall–Kier alpha value is -1.01. The van der Waals surface area contributed by atoms with Crippen molar-refractivity contribution in [2.75, 3.05) is 26.2 Å². The average molecular weight is 337 g/mol. The highest BCUT2D eigenvalue weighted by molar-refractivity contribution is 7.05. The van der Waals surface area contributed by atoms with Gasteiger partial charge in [-0.15, -0.1) is 5.10 Å². The van der Waals surface area contributed by atoms with Gasteiger partial charge in [-0.1, -0.05) is 17.8 Å². The highest BCUT2D eigenvalue weighted by Crippen LogP contribution is 2.39. The van der Waals surface area contributed by atoms with E-state index in [1.54, 1.807) is 0 Å². The number of nitrogens with zero attached hydrogens (tertiary/aromatic N) is 4. The monoisotopic (exact) mass is 336 g/mol. The summed E-state index contributed by atoms with van der Waals surface area (Å²) in [6.45, 7) is 9.37. The summed E-state index contributed by atoms with van der Waals surface area (Å²) in [5, 5.41) is 4.13. The molecule has 2 aliphatic heterocycles. The van der Waals surface area contributed by atoms with Crippen LogP contribution in [0.1, 0.15) is 56.0 Å². The van der Waals surface area contributed by atoms with Gasteiger partial charge in [-0.05, 0) is 50.7 Å². The van der Waals surface area contributed by atoms with Gasteiger partial charge in [-0.2, -0.15) is 0 Å². The molecule has 0 N–H and O–H groups in total. The largest absolute Gasteiger partial charge is 0.342 e. The fraction of sp³-hybridized carbons (Fsp3) is 0.824. The summed E-state index contributed by atoms with van der Waals surface area (Å²) in [5.41, 5.74) is 1.38. The minimum Gasteiger partial charge on any atom is -0.342 e. The molecule has 0 bridgehead atoms. The molecule has 1 aromatic rings. The van der Waals surface area contributed by atoms with Crippen molar-refractivity contribution in [2.45, 2.75) is 58.9 Å². The summed E-state index contributed by atoms with van der Waals surface area (Å²) < 4.78 is 4.06. The van der Waals surface area contributed by atoms with Crippen LogP contribution in [-0.4, -0.2) is 51.5 Å². The molecule has 6 heteroatoms. The Morgan fingerprint density at radius 3 is 2.91 bits per heavy atom. The third-order valence-electron chi connectivity index (χ3n) is 5.38. The van der Waals surface area contributed by atoms with E-state index in [9.17, 15) is 4.79 Å². The Morgan fingerprint density at radius 1 is 1.30 bits per heavy atom. The van der Waals surface area contributed by atoms with Crippen molar-refractivity contribution in [3.8, 4) is 0 Å². The number of carbonyl (C=O) groups excluding carboxylic acids is 1. The van der Waals surface area contributed by atoms with E-state index in [1.807, 2.05) is 6.92 Å². The lowest BCUT2D eigenvalue weighted by Crippen LogP contribution is -2.53. The van der Waals surface area contributed by atoms with Crippen molar-refractivity contribution >= 4 is 17.4 Å². The van der Waals surface area contributed by atoms with E-state index in [0.717, 1.165) is 64.1 Å². The third-order valence-corrected chi connectivity index (χ3v) is 6.19. The first kappa shape index (κ1) is 16.8. The van der Waals surface area contributed by atoms with Crippen LogP contribution in [0, 0.1) is 12.3 Å². The van der Waals surface area contributed by atoms with Crippen LogP contribution in [0.5, 0.6) is 0 Å². The molecule has 2 saturated heterocycles. The number of carbonyl (C=O) groups is 1. The molecule has 2 aliphatic rings. The fourth-order valence-electron chi connectivity index (χ4n) is 4.03. The van der Waals surface area contributed by atoms with E-state index in [1.165, 1.54) is 29.3 Å². The number of hydrogen-bond acceptors (Lipinski definition) is 5. The van der Waals surface area contributed by atoms with E-state index in [2.05, 4.69) is 26.3 Å². The first-order valence-corrected chi connectivity index (χ1v) is 9.67. The molecule has 0 aromatic carbocycles. The molecule has 1 aromatic heterocycles. The number of hydrogen-bond donors (Lipinski definition) is 0. The molecule has 23 heavy (non-hydrogen) atoms. The molecule has 1 atom stereocenters. The van der Waals surface area contributed by atoms with Gasteiger partial charge in [0.05, 0.1) is 10.6 Å². The van der Waals surface area contributed by atoms with Crippen LogP contribution in [-0.2, 0) is 11.3 Å². The van der Waals surface area contributed by atoms with Crippen LogP contribution < -0.4 is 0 Å². The molecule has 128 valence electrons. The predicted octanol–water partition coefficient (Wildman–Crippen LogP) is 2.85. The maximum absolute atomic E-state index is 12.2. The quantitative estimate of drug-likeness (QED) is 0.829. The van der Waals surface area contributed by atoms with Crippen LogP contribution >= 0.6 is 11.5 Å². The third kappa shape index (κ3) is 3.91. The maximum Gasteiger partial charge on any atom is 0.222 e. The molecule has 1 spiro atoms. The molecule has 0 unspecified atom stereocenters. The van der Waals surface area contributed by atoms with Gasteiger partial charge in [0, 0.05) is 38.0 Å². The summed E-state index contributed by atoms with van der Waals surface area (Å²) >= 11 is 1.52. The molecule has 1 amide bonds. The zero-order valence-corrected chi connectivity index (χ0v) is 15.2. The maximum atomic E-state index is 12.2. The first-order chi connectivity index (χ1) is 11.1. The number of unbranched alkanes of at least 4 members (excludes halogenated alkanes) is 1. The van der Waals surface area contributed by atoms with Gasteiger partial charge in [0.1, 0.15) is 0 Å². The summed E-state index contributed by atoms with van der Waals surface area (Å²) in [5.74, 6) is 0.365. The van der Waals surface area contributed by atoms with Gasteiger partial charge in [-0.3, -0.25) is 9.69 Å². The van der Waals surface area contributed by atoms with Crippen LogP contribution in [0.3, 0.4) is 0 Å². The normalized spacial score (nSPS) is 26.2. The number of rotatable bonds is 5. The Bertz CT molecular complexity index is 546. The second kappa shape index (κ2) is 7.26. The molecule has 0 aliphatic carbocycles. The van der Waals surface area contributed by atoms with E-state index >= 15 is 0 Å². The Labute approximate surface area is 143 Å². The topological polar surface area (TPSA) is 49.3 Å². The molecular formula is C17H28N4OS. The first-order valence-electron chi connectivity index (χ1n) is 8.90. The van der Waals surface area contributed by atoms with Crippen molar-refractivity contribution in [1.82, 2.24) is 19.4 Å². The van der Waals surface area contributed by atoms with E-state index in [4.69, 9.17) is 0 Å². The lowest BCUT2D eigenvalue weighted by atomic mass is 9.73.